The highest BCUT2D eigenvalue weighted by atomic mass is 32.2. The van der Waals surface area contributed by atoms with E-state index in [1.54, 1.807) is 36.4 Å². The number of aromatic amines is 1. The van der Waals surface area contributed by atoms with Crippen LogP contribution in [0, 0.1) is 11.6 Å². The fourth-order valence-electron chi connectivity index (χ4n) is 3.04. The van der Waals surface area contributed by atoms with Gasteiger partial charge in [0, 0.05) is 11.1 Å². The third kappa shape index (κ3) is 3.94. The molecule has 1 aromatic heterocycles. The molecule has 0 aliphatic carbocycles. The molecule has 4 rings (SSSR count). The summed E-state index contributed by atoms with van der Waals surface area (Å²) in [5.41, 5.74) is 2.51. The average molecular weight is 411 g/mol. The summed E-state index contributed by atoms with van der Waals surface area (Å²) in [5, 5.41) is 5.31. The number of hydrogen-bond acceptors (Lipinski definition) is 3. The zero-order valence-electron chi connectivity index (χ0n) is 14.9. The quantitative estimate of drug-likeness (QED) is 0.524. The number of imidazole rings is 1. The molecule has 8 heteroatoms. The summed E-state index contributed by atoms with van der Waals surface area (Å²) in [5.74, 6) is -0.630. The molecular formula is C21H15F2N3O2S. The maximum atomic E-state index is 13.7. The Hall–Kier alpha value is -3.36. The molecule has 0 amide bonds. The van der Waals surface area contributed by atoms with Gasteiger partial charge < -0.3 is 4.98 Å². The van der Waals surface area contributed by atoms with E-state index in [4.69, 9.17) is 5.14 Å². The van der Waals surface area contributed by atoms with Crippen molar-refractivity contribution in [3.8, 4) is 11.1 Å². The summed E-state index contributed by atoms with van der Waals surface area (Å²) >= 11 is 0. The van der Waals surface area contributed by atoms with E-state index in [1.165, 1.54) is 18.2 Å². The van der Waals surface area contributed by atoms with E-state index < -0.39 is 21.7 Å². The molecule has 0 spiro atoms. The lowest BCUT2D eigenvalue weighted by atomic mass is 10.1. The van der Waals surface area contributed by atoms with Gasteiger partial charge in [-0.15, -0.1) is 0 Å². The van der Waals surface area contributed by atoms with Gasteiger partial charge in [0.25, 0.3) is 0 Å². The number of H-pyrrole nitrogens is 1. The Morgan fingerprint density at radius 1 is 0.966 bits per heavy atom. The van der Waals surface area contributed by atoms with Crippen LogP contribution in [0.15, 0.2) is 65.6 Å². The largest absolute Gasteiger partial charge is 0.338 e. The minimum absolute atomic E-state index is 0.0246. The number of benzene rings is 3. The van der Waals surface area contributed by atoms with E-state index in [0.717, 1.165) is 18.2 Å². The smallest absolute Gasteiger partial charge is 0.238 e. The molecule has 0 unspecified atom stereocenters. The van der Waals surface area contributed by atoms with E-state index in [2.05, 4.69) is 9.97 Å². The highest BCUT2D eigenvalue weighted by Crippen LogP contribution is 2.29. The van der Waals surface area contributed by atoms with Gasteiger partial charge in [-0.2, -0.15) is 0 Å². The lowest BCUT2D eigenvalue weighted by molar-refractivity contribution is 0.598. The normalized spacial score (nSPS) is 12.1. The fourth-order valence-corrected chi connectivity index (χ4v) is 3.80. The maximum Gasteiger partial charge on any atom is 0.238 e. The van der Waals surface area contributed by atoms with Crippen molar-refractivity contribution < 1.29 is 17.2 Å². The van der Waals surface area contributed by atoms with Crippen molar-refractivity contribution in [2.24, 2.45) is 5.14 Å². The van der Waals surface area contributed by atoms with Gasteiger partial charge in [-0.1, -0.05) is 24.3 Å². The second kappa shape index (κ2) is 7.23. The number of nitrogens with one attached hydrogen (secondary N) is 1. The first-order valence-electron chi connectivity index (χ1n) is 8.56. The van der Waals surface area contributed by atoms with Gasteiger partial charge in [-0.3, -0.25) is 0 Å². The van der Waals surface area contributed by atoms with E-state index in [1.807, 2.05) is 0 Å². The zero-order chi connectivity index (χ0) is 20.6. The van der Waals surface area contributed by atoms with Crippen LogP contribution in [0.1, 0.15) is 11.4 Å². The number of nitrogens with zero attached hydrogens (tertiary/aromatic N) is 1. The number of aromatic nitrogens is 2. The van der Waals surface area contributed by atoms with Crippen molar-refractivity contribution in [1.29, 1.82) is 0 Å². The first-order valence-corrected chi connectivity index (χ1v) is 10.1. The van der Waals surface area contributed by atoms with E-state index in [0.29, 0.717) is 28.0 Å². The maximum absolute atomic E-state index is 13.7. The number of rotatable bonds is 4. The van der Waals surface area contributed by atoms with E-state index >= 15 is 0 Å². The van der Waals surface area contributed by atoms with Crippen LogP contribution >= 0.6 is 0 Å². The predicted octanol–water partition coefficient (Wildman–Crippen LogP) is 4.33. The van der Waals surface area contributed by atoms with Crippen LogP contribution in [0.5, 0.6) is 0 Å². The van der Waals surface area contributed by atoms with Crippen molar-refractivity contribution >= 4 is 33.2 Å². The number of primary sulfonamides is 1. The van der Waals surface area contributed by atoms with Crippen molar-refractivity contribution in [3.63, 3.8) is 0 Å². The van der Waals surface area contributed by atoms with E-state index in [9.17, 15) is 17.2 Å². The highest BCUT2D eigenvalue weighted by Gasteiger charge is 2.15. The number of hydrogen-bond donors (Lipinski definition) is 2. The summed E-state index contributed by atoms with van der Waals surface area (Å²) in [6.45, 7) is 0. The van der Waals surface area contributed by atoms with Crippen molar-refractivity contribution in [3.05, 3.63) is 83.7 Å². The first-order chi connectivity index (χ1) is 13.8. The van der Waals surface area contributed by atoms with E-state index in [-0.39, 0.29) is 10.5 Å². The molecule has 29 heavy (non-hydrogen) atoms. The molecule has 0 atom stereocenters. The summed E-state index contributed by atoms with van der Waals surface area (Å²) in [7, 11) is -3.88. The molecule has 3 aromatic carbocycles. The Labute approximate surface area is 165 Å². The lowest BCUT2D eigenvalue weighted by Gasteiger charge is -2.07. The molecule has 1 heterocycles. The number of halogens is 2. The Morgan fingerprint density at radius 3 is 2.55 bits per heavy atom. The second-order valence-corrected chi connectivity index (χ2v) is 7.92. The van der Waals surface area contributed by atoms with Crippen molar-refractivity contribution in [2.45, 2.75) is 4.90 Å². The van der Waals surface area contributed by atoms with Crippen LogP contribution in [0.25, 0.3) is 34.3 Å². The Balaban J connectivity index is 1.73. The molecule has 0 fully saturated rings. The molecule has 0 saturated heterocycles. The number of fused-ring (bicyclic) bond motifs is 1. The van der Waals surface area contributed by atoms with Crippen LogP contribution in [0.4, 0.5) is 8.78 Å². The van der Waals surface area contributed by atoms with Gasteiger partial charge in [0.05, 0.1) is 15.9 Å². The number of sulfonamides is 1. The zero-order valence-corrected chi connectivity index (χ0v) is 15.7. The topological polar surface area (TPSA) is 88.8 Å². The lowest BCUT2D eigenvalue weighted by Crippen LogP contribution is -2.13. The third-order valence-corrected chi connectivity index (χ3v) is 5.35. The van der Waals surface area contributed by atoms with Gasteiger partial charge in [0.1, 0.15) is 17.5 Å². The van der Waals surface area contributed by atoms with Gasteiger partial charge in [0.2, 0.25) is 10.0 Å². The SMILES string of the molecule is NS(=O)(=O)c1ccccc1-c1ccc2[nH]c(/C=C/c3cc(F)ccc3F)nc2c1. The summed E-state index contributed by atoms with van der Waals surface area (Å²) in [4.78, 5) is 7.51. The molecule has 0 bridgehead atoms. The molecule has 0 aliphatic rings. The summed E-state index contributed by atoms with van der Waals surface area (Å²) < 4.78 is 50.7. The molecule has 5 nitrogen and oxygen atoms in total. The van der Waals surface area contributed by atoms with Gasteiger partial charge in [0.15, 0.2) is 0 Å². The average Bonchev–Trinajstić information content (AvgIpc) is 3.10. The molecule has 0 radical (unpaired) electrons. The van der Waals surface area contributed by atoms with Crippen LogP contribution in [-0.4, -0.2) is 18.4 Å². The van der Waals surface area contributed by atoms with Crippen molar-refractivity contribution in [1.82, 2.24) is 9.97 Å². The van der Waals surface area contributed by atoms with Crippen LogP contribution in [0.3, 0.4) is 0 Å². The molecule has 4 aromatic rings. The summed E-state index contributed by atoms with van der Waals surface area (Å²) in [6.07, 6.45) is 2.96. The van der Waals surface area contributed by atoms with Gasteiger partial charge in [-0.05, 0) is 54.1 Å². The van der Waals surface area contributed by atoms with Crippen molar-refractivity contribution in [2.75, 3.05) is 0 Å². The molecule has 3 N–H and O–H groups in total. The van der Waals surface area contributed by atoms with Crippen LogP contribution < -0.4 is 5.14 Å². The predicted molar refractivity (Wildman–Crippen MR) is 108 cm³/mol. The molecule has 146 valence electrons. The highest BCUT2D eigenvalue weighted by molar-refractivity contribution is 7.89. The Bertz CT molecular complexity index is 1360. The molecule has 0 aliphatic heterocycles. The minimum Gasteiger partial charge on any atom is -0.338 e. The standard InChI is InChI=1S/C21H15F2N3O2S/c22-15-7-8-17(23)14(11-15)6-10-21-25-18-9-5-13(12-19(18)26-21)16-3-1-2-4-20(16)29(24,27)28/h1-12H,(H,25,26)(H2,24,27,28)/b10-6+. The Kier molecular flexibility index (Phi) is 4.73. The molecule has 0 saturated carbocycles. The fraction of sp³-hybridized carbons (Fsp3) is 0. The third-order valence-electron chi connectivity index (χ3n) is 4.38. The monoisotopic (exact) mass is 411 g/mol. The minimum atomic E-state index is -3.88. The van der Waals surface area contributed by atoms with Gasteiger partial charge >= 0.3 is 0 Å². The van der Waals surface area contributed by atoms with Crippen LogP contribution in [-0.2, 0) is 10.0 Å². The molecular weight excluding hydrogens is 396 g/mol. The van der Waals surface area contributed by atoms with Crippen LogP contribution in [0.2, 0.25) is 0 Å². The first kappa shape index (κ1) is 19.0. The second-order valence-electron chi connectivity index (χ2n) is 6.39. The van der Waals surface area contributed by atoms with Gasteiger partial charge in [-0.25, -0.2) is 27.3 Å². The Morgan fingerprint density at radius 2 is 1.76 bits per heavy atom. The summed E-state index contributed by atoms with van der Waals surface area (Å²) in [6, 6.07) is 14.9. The number of nitrogens with two attached hydrogens (primary N) is 1.